The van der Waals surface area contributed by atoms with Crippen LogP contribution in [0, 0.1) is 11.8 Å². The predicted octanol–water partition coefficient (Wildman–Crippen LogP) is 1.02. The van der Waals surface area contributed by atoms with Crippen LogP contribution in [0.1, 0.15) is 16.1 Å². The van der Waals surface area contributed by atoms with Gasteiger partial charge in [-0.2, -0.15) is 5.10 Å². The number of nitrogens with one attached hydrogen (secondary N) is 1. The van der Waals surface area contributed by atoms with E-state index in [0.717, 1.165) is 5.56 Å². The molecule has 0 radical (unpaired) electrons. The SMILES string of the molecule is Cn1ccc(C(=O)Nc2cccc(C#CCO)c2)n1. The van der Waals surface area contributed by atoms with Crippen LogP contribution in [-0.4, -0.2) is 27.4 Å². The lowest BCUT2D eigenvalue weighted by Gasteiger charge is -2.03. The molecule has 0 bridgehead atoms. The Balaban J connectivity index is 2.13. The Hall–Kier alpha value is -2.58. The van der Waals surface area contributed by atoms with Gasteiger partial charge in [0.25, 0.3) is 5.91 Å². The smallest absolute Gasteiger partial charge is 0.276 e. The van der Waals surface area contributed by atoms with Gasteiger partial charge in [0.15, 0.2) is 5.69 Å². The predicted molar refractivity (Wildman–Crippen MR) is 71.6 cm³/mol. The van der Waals surface area contributed by atoms with Crippen LogP contribution in [0.2, 0.25) is 0 Å². The maximum absolute atomic E-state index is 11.9. The van der Waals surface area contributed by atoms with Crippen molar-refractivity contribution >= 4 is 11.6 Å². The van der Waals surface area contributed by atoms with E-state index in [0.29, 0.717) is 11.4 Å². The molecule has 5 heteroatoms. The number of carbonyl (C=O) groups is 1. The summed E-state index contributed by atoms with van der Waals surface area (Å²) in [5.74, 6) is 5.07. The molecule has 2 aromatic rings. The molecule has 1 aromatic carbocycles. The average molecular weight is 255 g/mol. The number of carbonyl (C=O) groups excluding carboxylic acids is 1. The topological polar surface area (TPSA) is 67.2 Å². The molecule has 1 heterocycles. The van der Waals surface area contributed by atoms with Crippen LogP contribution in [0.5, 0.6) is 0 Å². The lowest BCUT2D eigenvalue weighted by molar-refractivity contribution is 0.102. The van der Waals surface area contributed by atoms with Crippen LogP contribution < -0.4 is 5.32 Å². The van der Waals surface area contributed by atoms with Crippen LogP contribution in [0.25, 0.3) is 0 Å². The zero-order valence-corrected chi connectivity index (χ0v) is 10.4. The van der Waals surface area contributed by atoms with Gasteiger partial charge in [-0.3, -0.25) is 9.48 Å². The zero-order chi connectivity index (χ0) is 13.7. The van der Waals surface area contributed by atoms with Gasteiger partial charge in [0.2, 0.25) is 0 Å². The van der Waals surface area contributed by atoms with Crippen molar-refractivity contribution in [2.45, 2.75) is 0 Å². The first-order valence-corrected chi connectivity index (χ1v) is 5.70. The Morgan fingerprint density at radius 3 is 3.00 bits per heavy atom. The standard InChI is InChI=1S/C14H13N3O2/c1-17-8-7-13(16-17)14(19)15-12-6-2-4-11(10-12)5-3-9-18/h2,4,6-8,10,18H,9H2,1H3,(H,15,19). The minimum Gasteiger partial charge on any atom is -0.384 e. The van der Waals surface area contributed by atoms with Crippen LogP contribution in [0.15, 0.2) is 36.5 Å². The lowest BCUT2D eigenvalue weighted by atomic mass is 10.2. The average Bonchev–Trinajstić information content (AvgIpc) is 2.83. The van der Waals surface area contributed by atoms with Gasteiger partial charge in [0, 0.05) is 24.5 Å². The number of rotatable bonds is 2. The van der Waals surface area contributed by atoms with Crippen molar-refractivity contribution in [1.82, 2.24) is 9.78 Å². The molecule has 2 N–H and O–H groups in total. The molecule has 5 nitrogen and oxygen atoms in total. The van der Waals surface area contributed by atoms with Crippen molar-refractivity contribution in [2.75, 3.05) is 11.9 Å². The molecule has 0 spiro atoms. The van der Waals surface area contributed by atoms with E-state index in [-0.39, 0.29) is 12.5 Å². The highest BCUT2D eigenvalue weighted by Crippen LogP contribution is 2.11. The van der Waals surface area contributed by atoms with E-state index < -0.39 is 0 Å². The highest BCUT2D eigenvalue weighted by molar-refractivity contribution is 6.02. The summed E-state index contributed by atoms with van der Waals surface area (Å²) in [5.41, 5.74) is 1.72. The van der Waals surface area contributed by atoms with E-state index in [1.54, 1.807) is 48.3 Å². The first kappa shape index (κ1) is 12.9. The largest absolute Gasteiger partial charge is 0.384 e. The van der Waals surface area contributed by atoms with Crippen molar-refractivity contribution in [1.29, 1.82) is 0 Å². The van der Waals surface area contributed by atoms with Crippen molar-refractivity contribution in [3.05, 3.63) is 47.8 Å². The third-order valence-corrected chi connectivity index (χ3v) is 2.38. The molecule has 0 saturated carbocycles. The molecule has 0 aliphatic heterocycles. The van der Waals surface area contributed by atoms with Gasteiger partial charge in [0.1, 0.15) is 6.61 Å². The molecular weight excluding hydrogens is 242 g/mol. The molecule has 96 valence electrons. The number of anilines is 1. The molecule has 0 unspecified atom stereocenters. The van der Waals surface area contributed by atoms with Crippen molar-refractivity contribution < 1.29 is 9.90 Å². The molecule has 0 saturated heterocycles. The van der Waals surface area contributed by atoms with Crippen molar-refractivity contribution in [3.8, 4) is 11.8 Å². The Bertz CT molecular complexity index is 650. The number of aryl methyl sites for hydroxylation is 1. The molecule has 19 heavy (non-hydrogen) atoms. The highest BCUT2D eigenvalue weighted by Gasteiger charge is 2.08. The quantitative estimate of drug-likeness (QED) is 0.787. The maximum Gasteiger partial charge on any atom is 0.276 e. The number of amides is 1. The molecule has 0 aliphatic rings. The molecule has 0 atom stereocenters. The van der Waals surface area contributed by atoms with Crippen molar-refractivity contribution in [2.24, 2.45) is 7.05 Å². The summed E-state index contributed by atoms with van der Waals surface area (Å²) in [5, 5.41) is 15.4. The third kappa shape index (κ3) is 3.44. The Labute approximate surface area is 110 Å². The molecule has 1 aromatic heterocycles. The van der Waals surface area contributed by atoms with Crippen LogP contribution >= 0.6 is 0 Å². The number of nitrogens with zero attached hydrogens (tertiary/aromatic N) is 2. The number of aliphatic hydroxyl groups is 1. The van der Waals surface area contributed by atoms with E-state index in [1.165, 1.54) is 0 Å². The van der Waals surface area contributed by atoms with Gasteiger partial charge < -0.3 is 10.4 Å². The summed E-state index contributed by atoms with van der Waals surface area (Å²) in [6, 6.07) is 8.74. The zero-order valence-electron chi connectivity index (χ0n) is 10.4. The van der Waals surface area contributed by atoms with Gasteiger partial charge in [-0.15, -0.1) is 0 Å². The second-order valence-electron chi connectivity index (χ2n) is 3.87. The summed E-state index contributed by atoms with van der Waals surface area (Å²) in [6.45, 7) is -0.190. The van der Waals surface area contributed by atoms with Gasteiger partial charge in [-0.05, 0) is 24.3 Å². The fraction of sp³-hybridized carbons (Fsp3) is 0.143. The number of aliphatic hydroxyl groups excluding tert-OH is 1. The van der Waals surface area contributed by atoms with Crippen LogP contribution in [-0.2, 0) is 7.05 Å². The van der Waals surface area contributed by atoms with Crippen LogP contribution in [0.4, 0.5) is 5.69 Å². The van der Waals surface area contributed by atoms with Crippen molar-refractivity contribution in [3.63, 3.8) is 0 Å². The first-order valence-electron chi connectivity index (χ1n) is 5.70. The normalized spacial score (nSPS) is 9.58. The van der Waals surface area contributed by atoms with Gasteiger partial charge >= 0.3 is 0 Å². The molecular formula is C14H13N3O2. The van der Waals surface area contributed by atoms with Gasteiger partial charge in [-0.25, -0.2) is 0 Å². The summed E-state index contributed by atoms with van der Waals surface area (Å²) < 4.78 is 1.57. The Morgan fingerprint density at radius 1 is 1.47 bits per heavy atom. The second kappa shape index (κ2) is 5.85. The Kier molecular flexibility index (Phi) is 3.96. The highest BCUT2D eigenvalue weighted by atomic mass is 16.2. The fourth-order valence-corrected chi connectivity index (χ4v) is 1.55. The second-order valence-corrected chi connectivity index (χ2v) is 3.87. The van der Waals surface area contributed by atoms with E-state index in [9.17, 15) is 4.79 Å². The van der Waals surface area contributed by atoms with Crippen LogP contribution in [0.3, 0.4) is 0 Å². The third-order valence-electron chi connectivity index (χ3n) is 2.38. The first-order chi connectivity index (χ1) is 9.19. The van der Waals surface area contributed by atoms with Gasteiger partial charge in [0.05, 0.1) is 0 Å². The Morgan fingerprint density at radius 2 is 2.32 bits per heavy atom. The summed E-state index contributed by atoms with van der Waals surface area (Å²) in [7, 11) is 1.75. The maximum atomic E-state index is 11.9. The lowest BCUT2D eigenvalue weighted by Crippen LogP contribution is -2.13. The van der Waals surface area contributed by atoms with E-state index >= 15 is 0 Å². The van der Waals surface area contributed by atoms with E-state index in [4.69, 9.17) is 5.11 Å². The number of hydrogen-bond donors (Lipinski definition) is 2. The monoisotopic (exact) mass is 255 g/mol. The van der Waals surface area contributed by atoms with E-state index in [2.05, 4.69) is 22.3 Å². The molecule has 1 amide bonds. The number of benzene rings is 1. The number of hydrogen-bond acceptors (Lipinski definition) is 3. The molecule has 0 aliphatic carbocycles. The fourth-order valence-electron chi connectivity index (χ4n) is 1.55. The summed E-state index contributed by atoms with van der Waals surface area (Å²) >= 11 is 0. The van der Waals surface area contributed by atoms with E-state index in [1.807, 2.05) is 0 Å². The minimum atomic E-state index is -0.270. The summed E-state index contributed by atoms with van der Waals surface area (Å²) in [4.78, 5) is 11.9. The van der Waals surface area contributed by atoms with Gasteiger partial charge in [-0.1, -0.05) is 17.9 Å². The molecule has 0 fully saturated rings. The minimum absolute atomic E-state index is 0.190. The number of aromatic nitrogens is 2. The molecule has 2 rings (SSSR count). The summed E-state index contributed by atoms with van der Waals surface area (Å²) in [6.07, 6.45) is 1.71.